The van der Waals surface area contributed by atoms with E-state index in [-0.39, 0.29) is 5.75 Å². The maximum absolute atomic E-state index is 12.3. The van der Waals surface area contributed by atoms with Gasteiger partial charge in [0.2, 0.25) is 0 Å². The molecule has 2 aromatic rings. The highest BCUT2D eigenvalue weighted by atomic mass is 79.9. The second-order valence-electron chi connectivity index (χ2n) is 4.05. The lowest BCUT2D eigenvalue weighted by Gasteiger charge is -2.14. The first-order valence-electron chi connectivity index (χ1n) is 5.90. The van der Waals surface area contributed by atoms with E-state index in [0.29, 0.717) is 12.3 Å². The summed E-state index contributed by atoms with van der Waals surface area (Å²) in [6, 6.07) is 10.6. The molecule has 0 aliphatic rings. The molecule has 0 aromatic heterocycles. The number of para-hydroxylation sites is 2. The van der Waals surface area contributed by atoms with E-state index in [1.165, 1.54) is 18.2 Å². The second kappa shape index (κ2) is 6.36. The summed E-state index contributed by atoms with van der Waals surface area (Å²) >= 11 is 3.32. The molecule has 2 N–H and O–H groups in total. The molecule has 0 saturated carbocycles. The van der Waals surface area contributed by atoms with Crippen molar-refractivity contribution < 1.29 is 22.6 Å². The molecule has 0 unspecified atom stereocenters. The molecule has 0 heterocycles. The molecule has 7 heteroatoms. The van der Waals surface area contributed by atoms with Crippen LogP contribution in [0.15, 0.2) is 46.9 Å². The van der Waals surface area contributed by atoms with E-state index in [9.17, 15) is 13.2 Å². The van der Waals surface area contributed by atoms with Crippen molar-refractivity contribution in [1.82, 2.24) is 0 Å². The third-order valence-corrected chi connectivity index (χ3v) is 3.29. The first kappa shape index (κ1) is 15.7. The average Bonchev–Trinajstić information content (AvgIpc) is 2.40. The monoisotopic (exact) mass is 361 g/mol. The van der Waals surface area contributed by atoms with Crippen LogP contribution in [0.5, 0.6) is 17.2 Å². The Bertz CT molecular complexity index is 632. The van der Waals surface area contributed by atoms with Gasteiger partial charge in [-0.25, -0.2) is 0 Å². The summed E-state index contributed by atoms with van der Waals surface area (Å²) in [5.41, 5.74) is 6.39. The Labute approximate surface area is 127 Å². The van der Waals surface area contributed by atoms with Gasteiger partial charge < -0.3 is 15.2 Å². The summed E-state index contributed by atoms with van der Waals surface area (Å²) in [5.74, 6) is -0.0523. The number of halogens is 4. The lowest BCUT2D eigenvalue weighted by Crippen LogP contribution is -2.17. The topological polar surface area (TPSA) is 44.5 Å². The van der Waals surface area contributed by atoms with Crippen LogP contribution >= 0.6 is 15.9 Å². The number of ether oxygens (including phenoxy) is 2. The molecule has 2 aromatic carbocycles. The van der Waals surface area contributed by atoms with Gasteiger partial charge in [0, 0.05) is 11.0 Å². The Morgan fingerprint density at radius 1 is 1.05 bits per heavy atom. The van der Waals surface area contributed by atoms with Crippen molar-refractivity contribution in [3.63, 3.8) is 0 Å². The Kier molecular flexibility index (Phi) is 4.74. The minimum absolute atomic E-state index is 0.0257. The lowest BCUT2D eigenvalue weighted by atomic mass is 10.2. The van der Waals surface area contributed by atoms with Gasteiger partial charge in [-0.15, -0.1) is 13.2 Å². The van der Waals surface area contributed by atoms with Crippen molar-refractivity contribution in [1.29, 1.82) is 0 Å². The van der Waals surface area contributed by atoms with Gasteiger partial charge in [0.25, 0.3) is 0 Å². The Morgan fingerprint density at radius 2 is 1.71 bits per heavy atom. The van der Waals surface area contributed by atoms with Crippen molar-refractivity contribution in [2.75, 3.05) is 0 Å². The summed E-state index contributed by atoms with van der Waals surface area (Å²) in [6.45, 7) is 0.342. The largest absolute Gasteiger partial charge is 0.573 e. The SMILES string of the molecule is NCc1ccc(Oc2ccccc2OC(F)(F)F)cc1Br. The van der Waals surface area contributed by atoms with E-state index in [2.05, 4.69) is 20.7 Å². The molecular weight excluding hydrogens is 351 g/mol. The quantitative estimate of drug-likeness (QED) is 0.865. The number of alkyl halides is 3. The summed E-state index contributed by atoms with van der Waals surface area (Å²) in [4.78, 5) is 0. The molecule has 112 valence electrons. The molecule has 0 radical (unpaired) electrons. The van der Waals surface area contributed by atoms with Gasteiger partial charge in [0.1, 0.15) is 5.75 Å². The van der Waals surface area contributed by atoms with Crippen LogP contribution < -0.4 is 15.2 Å². The van der Waals surface area contributed by atoms with Gasteiger partial charge in [0.05, 0.1) is 0 Å². The van der Waals surface area contributed by atoms with Crippen LogP contribution in [-0.2, 0) is 6.54 Å². The van der Waals surface area contributed by atoms with Crippen molar-refractivity contribution >= 4 is 15.9 Å². The zero-order valence-electron chi connectivity index (χ0n) is 10.7. The van der Waals surface area contributed by atoms with Gasteiger partial charge >= 0.3 is 6.36 Å². The summed E-state index contributed by atoms with van der Waals surface area (Å²) in [6.07, 6.45) is -4.77. The smallest absolute Gasteiger partial charge is 0.453 e. The van der Waals surface area contributed by atoms with E-state index in [1.807, 2.05) is 0 Å². The third kappa shape index (κ3) is 4.37. The average molecular weight is 362 g/mol. The molecule has 21 heavy (non-hydrogen) atoms. The highest BCUT2D eigenvalue weighted by Crippen LogP contribution is 2.35. The van der Waals surface area contributed by atoms with E-state index in [4.69, 9.17) is 10.5 Å². The van der Waals surface area contributed by atoms with Crippen LogP contribution in [0.4, 0.5) is 13.2 Å². The molecule has 0 aliphatic carbocycles. The summed E-state index contributed by atoms with van der Waals surface area (Å²) < 4.78 is 47.1. The molecule has 2 rings (SSSR count). The van der Waals surface area contributed by atoms with Gasteiger partial charge in [-0.05, 0) is 29.8 Å². The molecule has 3 nitrogen and oxygen atoms in total. The molecule has 0 amide bonds. The van der Waals surface area contributed by atoms with Crippen LogP contribution in [0.1, 0.15) is 5.56 Å². The first-order valence-corrected chi connectivity index (χ1v) is 6.69. The van der Waals surface area contributed by atoms with Crippen molar-refractivity contribution in [3.8, 4) is 17.2 Å². The van der Waals surface area contributed by atoms with Crippen LogP contribution in [0.25, 0.3) is 0 Å². The molecular formula is C14H11BrF3NO2. The number of nitrogens with two attached hydrogens (primary N) is 1. The second-order valence-corrected chi connectivity index (χ2v) is 4.91. The Morgan fingerprint density at radius 3 is 2.29 bits per heavy atom. The predicted molar refractivity (Wildman–Crippen MR) is 75.2 cm³/mol. The van der Waals surface area contributed by atoms with Crippen molar-refractivity contribution in [2.24, 2.45) is 5.73 Å². The number of benzene rings is 2. The highest BCUT2D eigenvalue weighted by molar-refractivity contribution is 9.10. The van der Waals surface area contributed by atoms with Crippen LogP contribution in [0, 0.1) is 0 Å². The van der Waals surface area contributed by atoms with Gasteiger partial charge in [-0.2, -0.15) is 0 Å². The van der Waals surface area contributed by atoms with E-state index < -0.39 is 12.1 Å². The number of hydrogen-bond acceptors (Lipinski definition) is 3. The van der Waals surface area contributed by atoms with Crippen LogP contribution in [-0.4, -0.2) is 6.36 Å². The van der Waals surface area contributed by atoms with Gasteiger partial charge in [-0.3, -0.25) is 0 Å². The zero-order valence-corrected chi connectivity index (χ0v) is 12.2. The molecule has 0 atom stereocenters. The van der Waals surface area contributed by atoms with Gasteiger partial charge in [0.15, 0.2) is 11.5 Å². The third-order valence-electron chi connectivity index (χ3n) is 2.55. The fourth-order valence-corrected chi connectivity index (χ4v) is 2.15. The van der Waals surface area contributed by atoms with Crippen molar-refractivity contribution in [3.05, 3.63) is 52.5 Å². The predicted octanol–water partition coefficient (Wildman–Crippen LogP) is 4.60. The normalized spacial score (nSPS) is 11.3. The molecule has 0 saturated heterocycles. The first-order chi connectivity index (χ1) is 9.89. The molecule has 0 spiro atoms. The number of rotatable bonds is 4. The van der Waals surface area contributed by atoms with E-state index >= 15 is 0 Å². The minimum Gasteiger partial charge on any atom is -0.453 e. The van der Waals surface area contributed by atoms with Crippen LogP contribution in [0.2, 0.25) is 0 Å². The lowest BCUT2D eigenvalue weighted by molar-refractivity contribution is -0.275. The molecule has 0 aliphatic heterocycles. The fraction of sp³-hybridized carbons (Fsp3) is 0.143. The van der Waals surface area contributed by atoms with Crippen molar-refractivity contribution in [2.45, 2.75) is 12.9 Å². The standard InChI is InChI=1S/C14H11BrF3NO2/c15-11-7-10(6-5-9(11)8-19)20-12-3-1-2-4-13(12)21-14(16,17)18/h1-7H,8,19H2. The minimum atomic E-state index is -4.77. The maximum atomic E-state index is 12.3. The summed E-state index contributed by atoms with van der Waals surface area (Å²) in [7, 11) is 0. The maximum Gasteiger partial charge on any atom is 0.573 e. The Hall–Kier alpha value is -1.73. The highest BCUT2D eigenvalue weighted by Gasteiger charge is 2.32. The van der Waals surface area contributed by atoms with Crippen LogP contribution in [0.3, 0.4) is 0 Å². The molecule has 0 fully saturated rings. The Balaban J connectivity index is 2.25. The fourth-order valence-electron chi connectivity index (χ4n) is 1.63. The van der Waals surface area contributed by atoms with E-state index in [1.54, 1.807) is 24.3 Å². The number of hydrogen-bond donors (Lipinski definition) is 1. The molecule has 0 bridgehead atoms. The summed E-state index contributed by atoms with van der Waals surface area (Å²) in [5, 5.41) is 0. The van der Waals surface area contributed by atoms with E-state index in [0.717, 1.165) is 10.0 Å². The zero-order chi connectivity index (χ0) is 15.5. The van der Waals surface area contributed by atoms with Gasteiger partial charge in [-0.1, -0.05) is 34.1 Å².